The summed E-state index contributed by atoms with van der Waals surface area (Å²) in [5.74, 6) is -0.191. The van der Waals surface area contributed by atoms with E-state index >= 15 is 0 Å². The van der Waals surface area contributed by atoms with Crippen LogP contribution in [0.15, 0.2) is 53.7 Å². The zero-order chi connectivity index (χ0) is 21.3. The van der Waals surface area contributed by atoms with Crippen LogP contribution in [-0.2, 0) is 11.2 Å². The number of nitrogens with zero attached hydrogens (tertiary/aromatic N) is 5. The molecular weight excluding hydrogens is 406 g/mol. The van der Waals surface area contributed by atoms with Crippen molar-refractivity contribution in [3.63, 3.8) is 0 Å². The first-order valence-corrected chi connectivity index (χ1v) is 9.31. The first-order valence-electron chi connectivity index (χ1n) is 8.93. The second-order valence-corrected chi connectivity index (χ2v) is 6.94. The van der Waals surface area contributed by atoms with Crippen molar-refractivity contribution in [3.05, 3.63) is 75.7 Å². The highest BCUT2D eigenvalue weighted by atomic mass is 35.5. The molecule has 4 rings (SSSR count). The Morgan fingerprint density at radius 2 is 2.07 bits per heavy atom. The van der Waals surface area contributed by atoms with E-state index in [1.807, 2.05) is 6.07 Å². The van der Waals surface area contributed by atoms with Crippen LogP contribution in [0.3, 0.4) is 0 Å². The Morgan fingerprint density at radius 1 is 1.23 bits per heavy atom. The van der Waals surface area contributed by atoms with Crippen LogP contribution >= 0.6 is 11.6 Å². The van der Waals surface area contributed by atoms with Gasteiger partial charge in [0.2, 0.25) is 11.9 Å². The number of halogens is 1. The van der Waals surface area contributed by atoms with Gasteiger partial charge in [0.05, 0.1) is 22.5 Å². The molecule has 3 heterocycles. The fraction of sp³-hybridized carbons (Fsp3) is 0.100. The van der Waals surface area contributed by atoms with Crippen molar-refractivity contribution in [2.75, 3.05) is 11.1 Å². The van der Waals surface area contributed by atoms with E-state index in [1.165, 1.54) is 10.8 Å². The average molecular weight is 422 g/mol. The first kappa shape index (κ1) is 19.5. The van der Waals surface area contributed by atoms with E-state index in [9.17, 15) is 9.59 Å². The molecule has 30 heavy (non-hydrogen) atoms. The SMILES string of the molecule is Cc1c2cnc(N)nc2nc(=O)n1-c1cc(NC(=O)Cc2cccnc2)ccc1Cl. The van der Waals surface area contributed by atoms with Gasteiger partial charge in [0.15, 0.2) is 5.65 Å². The molecule has 0 saturated carbocycles. The molecule has 0 saturated heterocycles. The molecule has 0 bridgehead atoms. The van der Waals surface area contributed by atoms with E-state index in [0.717, 1.165) is 5.56 Å². The number of carbonyl (C=O) groups excluding carboxylic acids is 1. The molecular formula is C20H16ClN7O2. The van der Waals surface area contributed by atoms with Crippen LogP contribution in [0, 0.1) is 6.92 Å². The van der Waals surface area contributed by atoms with Crippen molar-refractivity contribution < 1.29 is 4.79 Å². The quantitative estimate of drug-likeness (QED) is 0.517. The first-order chi connectivity index (χ1) is 14.4. The molecule has 0 aliphatic rings. The second-order valence-electron chi connectivity index (χ2n) is 6.53. The molecule has 3 N–H and O–H groups in total. The third-order valence-electron chi connectivity index (χ3n) is 4.46. The lowest BCUT2D eigenvalue weighted by Crippen LogP contribution is -2.25. The molecule has 3 aromatic heterocycles. The van der Waals surface area contributed by atoms with Gasteiger partial charge in [0.1, 0.15) is 0 Å². The normalized spacial score (nSPS) is 10.9. The number of amides is 1. The smallest absolute Gasteiger partial charge is 0.354 e. The minimum Gasteiger partial charge on any atom is -0.368 e. The third kappa shape index (κ3) is 3.83. The molecule has 0 unspecified atom stereocenters. The Kier molecular flexibility index (Phi) is 5.11. The molecule has 0 aliphatic heterocycles. The van der Waals surface area contributed by atoms with E-state index < -0.39 is 5.69 Å². The standard InChI is InChI=1S/C20H16ClN7O2/c1-11-14-10-24-19(22)26-18(14)27-20(30)28(11)16-8-13(4-5-15(16)21)25-17(29)7-12-3-2-6-23-9-12/h2-6,8-10H,7H2,1H3,(H,25,29)(H2,22,26,27,30). The number of hydrogen-bond acceptors (Lipinski definition) is 7. The Labute approximate surface area is 175 Å². The fourth-order valence-corrected chi connectivity index (χ4v) is 3.27. The number of hydrogen-bond donors (Lipinski definition) is 2. The number of benzene rings is 1. The van der Waals surface area contributed by atoms with E-state index in [0.29, 0.717) is 27.5 Å². The maximum absolute atomic E-state index is 12.7. The van der Waals surface area contributed by atoms with Gasteiger partial charge in [-0.25, -0.2) is 9.78 Å². The van der Waals surface area contributed by atoms with Gasteiger partial charge in [-0.05, 0) is 36.8 Å². The van der Waals surface area contributed by atoms with E-state index in [-0.39, 0.29) is 23.9 Å². The average Bonchev–Trinajstić information content (AvgIpc) is 2.70. The maximum Gasteiger partial charge on any atom is 0.354 e. The number of anilines is 2. The summed E-state index contributed by atoms with van der Waals surface area (Å²) in [5, 5.41) is 3.69. The van der Waals surface area contributed by atoms with Gasteiger partial charge in [-0.3, -0.25) is 14.3 Å². The highest BCUT2D eigenvalue weighted by Crippen LogP contribution is 2.26. The van der Waals surface area contributed by atoms with E-state index in [2.05, 4.69) is 25.3 Å². The highest BCUT2D eigenvalue weighted by molar-refractivity contribution is 6.32. The van der Waals surface area contributed by atoms with Gasteiger partial charge in [0, 0.05) is 30.0 Å². The van der Waals surface area contributed by atoms with Crippen LogP contribution in [0.4, 0.5) is 11.6 Å². The lowest BCUT2D eigenvalue weighted by Gasteiger charge is -2.14. The molecule has 0 aliphatic carbocycles. The Hall–Kier alpha value is -3.85. The van der Waals surface area contributed by atoms with Crippen molar-refractivity contribution in [1.29, 1.82) is 0 Å². The monoisotopic (exact) mass is 421 g/mol. The number of nitrogens with one attached hydrogen (secondary N) is 1. The topological polar surface area (TPSA) is 129 Å². The van der Waals surface area contributed by atoms with Crippen LogP contribution in [0.25, 0.3) is 16.7 Å². The minimum absolute atomic E-state index is 0.0305. The van der Waals surface area contributed by atoms with E-state index in [4.69, 9.17) is 17.3 Å². The molecule has 0 radical (unpaired) electrons. The Morgan fingerprint density at radius 3 is 2.83 bits per heavy atom. The predicted molar refractivity (Wildman–Crippen MR) is 114 cm³/mol. The fourth-order valence-electron chi connectivity index (χ4n) is 3.07. The van der Waals surface area contributed by atoms with Crippen LogP contribution in [0.1, 0.15) is 11.3 Å². The van der Waals surface area contributed by atoms with Crippen molar-refractivity contribution in [1.82, 2.24) is 24.5 Å². The zero-order valence-corrected chi connectivity index (χ0v) is 16.6. The van der Waals surface area contributed by atoms with Crippen molar-refractivity contribution in [3.8, 4) is 5.69 Å². The summed E-state index contributed by atoms with van der Waals surface area (Å²) in [5.41, 5.74) is 7.42. The number of aromatic nitrogens is 5. The lowest BCUT2D eigenvalue weighted by atomic mass is 10.2. The van der Waals surface area contributed by atoms with Crippen molar-refractivity contribution in [2.45, 2.75) is 13.3 Å². The Bertz CT molecular complexity index is 1320. The number of pyridine rings is 1. The number of rotatable bonds is 4. The van der Waals surface area contributed by atoms with Gasteiger partial charge < -0.3 is 11.1 Å². The molecule has 10 heteroatoms. The second kappa shape index (κ2) is 7.88. The number of nitrogens with two attached hydrogens (primary N) is 1. The minimum atomic E-state index is -0.571. The predicted octanol–water partition coefficient (Wildman–Crippen LogP) is 2.30. The van der Waals surface area contributed by atoms with Gasteiger partial charge in [-0.2, -0.15) is 9.97 Å². The Balaban J connectivity index is 1.71. The molecule has 0 spiro atoms. The van der Waals surface area contributed by atoms with Crippen LogP contribution in [-0.4, -0.2) is 30.4 Å². The number of aryl methyl sites for hydroxylation is 1. The number of nitrogen functional groups attached to an aromatic ring is 1. The van der Waals surface area contributed by atoms with E-state index in [1.54, 1.807) is 43.6 Å². The van der Waals surface area contributed by atoms with Crippen LogP contribution in [0.2, 0.25) is 5.02 Å². The van der Waals surface area contributed by atoms with Crippen LogP contribution in [0.5, 0.6) is 0 Å². The molecule has 9 nitrogen and oxygen atoms in total. The summed E-state index contributed by atoms with van der Waals surface area (Å²) >= 11 is 6.36. The van der Waals surface area contributed by atoms with Gasteiger partial charge in [-0.1, -0.05) is 17.7 Å². The van der Waals surface area contributed by atoms with Gasteiger partial charge >= 0.3 is 5.69 Å². The zero-order valence-electron chi connectivity index (χ0n) is 15.8. The number of carbonyl (C=O) groups is 1. The van der Waals surface area contributed by atoms with Crippen molar-refractivity contribution >= 4 is 40.2 Å². The summed E-state index contributed by atoms with van der Waals surface area (Å²) in [6.45, 7) is 1.73. The summed E-state index contributed by atoms with van der Waals surface area (Å²) < 4.78 is 1.35. The third-order valence-corrected chi connectivity index (χ3v) is 4.78. The summed E-state index contributed by atoms with van der Waals surface area (Å²) in [7, 11) is 0. The van der Waals surface area contributed by atoms with Crippen molar-refractivity contribution in [2.24, 2.45) is 0 Å². The molecule has 0 atom stereocenters. The number of fused-ring (bicyclic) bond motifs is 1. The van der Waals surface area contributed by atoms with Gasteiger partial charge in [0.25, 0.3) is 0 Å². The summed E-state index contributed by atoms with van der Waals surface area (Å²) in [6.07, 6.45) is 4.94. The maximum atomic E-state index is 12.7. The molecule has 4 aromatic rings. The lowest BCUT2D eigenvalue weighted by molar-refractivity contribution is -0.115. The van der Waals surface area contributed by atoms with Gasteiger partial charge in [-0.15, -0.1) is 0 Å². The largest absolute Gasteiger partial charge is 0.368 e. The molecule has 150 valence electrons. The molecule has 1 aromatic carbocycles. The summed E-state index contributed by atoms with van der Waals surface area (Å²) in [4.78, 5) is 41.0. The molecule has 0 fully saturated rings. The highest BCUT2D eigenvalue weighted by Gasteiger charge is 2.15. The molecule has 1 amide bonds. The van der Waals surface area contributed by atoms with Crippen LogP contribution < -0.4 is 16.7 Å². The summed E-state index contributed by atoms with van der Waals surface area (Å²) in [6, 6.07) is 8.46.